The summed E-state index contributed by atoms with van der Waals surface area (Å²) in [6.45, 7) is 6.88. The Balaban J connectivity index is 1.66. The second-order valence-electron chi connectivity index (χ2n) is 9.50. The van der Waals surface area contributed by atoms with E-state index >= 15 is 0 Å². The van der Waals surface area contributed by atoms with Crippen molar-refractivity contribution in [2.24, 2.45) is 0 Å². The molecule has 3 aromatic rings. The Bertz CT molecular complexity index is 1120. The number of rotatable bonds is 7. The summed E-state index contributed by atoms with van der Waals surface area (Å²) in [4.78, 5) is 4.81. The SMILES string of the molecule is Cc1cc(-c2nnc(N[C@H]3C[C@](O)(CF)C3)o2)nc2c(C(C)(C)C)cc(OCCF)cc12. The molecular formula is C23H28F2N4O3. The molecule has 1 aliphatic carbocycles. The van der Waals surface area contributed by atoms with E-state index in [0.717, 1.165) is 22.0 Å². The van der Waals surface area contributed by atoms with Gasteiger partial charge in [-0.25, -0.2) is 13.8 Å². The van der Waals surface area contributed by atoms with Crippen molar-refractivity contribution in [2.75, 3.05) is 25.3 Å². The van der Waals surface area contributed by atoms with Crippen LogP contribution in [0.3, 0.4) is 0 Å². The first kappa shape index (κ1) is 22.4. The molecule has 172 valence electrons. The summed E-state index contributed by atoms with van der Waals surface area (Å²) in [5.41, 5.74) is 1.75. The molecule has 1 saturated carbocycles. The quantitative estimate of drug-likeness (QED) is 0.551. The zero-order valence-corrected chi connectivity index (χ0v) is 18.7. The fourth-order valence-corrected chi connectivity index (χ4v) is 4.01. The summed E-state index contributed by atoms with van der Waals surface area (Å²) in [6.07, 6.45) is 0.576. The van der Waals surface area contributed by atoms with Crippen molar-refractivity contribution in [3.8, 4) is 17.3 Å². The van der Waals surface area contributed by atoms with Gasteiger partial charge in [-0.2, -0.15) is 0 Å². The molecule has 4 rings (SSSR count). The van der Waals surface area contributed by atoms with E-state index < -0.39 is 19.0 Å². The first-order chi connectivity index (χ1) is 15.1. The Labute approximate surface area is 185 Å². The Morgan fingerprint density at radius 1 is 1.22 bits per heavy atom. The first-order valence-electron chi connectivity index (χ1n) is 10.7. The molecule has 0 atom stereocenters. The first-order valence-corrected chi connectivity index (χ1v) is 10.7. The third-order valence-corrected chi connectivity index (χ3v) is 5.72. The average Bonchev–Trinajstić information content (AvgIpc) is 3.18. The van der Waals surface area contributed by atoms with Crippen LogP contribution < -0.4 is 10.1 Å². The molecule has 0 saturated heterocycles. The predicted octanol–water partition coefficient (Wildman–Crippen LogP) is 4.51. The van der Waals surface area contributed by atoms with E-state index in [0.29, 0.717) is 11.4 Å². The standard InChI is InChI=1S/C23H28F2N4O3/c1-13-7-18(20-28-29-21(32-20)26-14-10-23(30,11-14)12-25)27-19-16(13)8-15(31-6-5-24)9-17(19)22(2,3)4/h7-9,14,30H,5-6,10-12H2,1-4H3,(H,26,29)/t14-,23+. The topological polar surface area (TPSA) is 93.3 Å². The minimum atomic E-state index is -1.26. The highest BCUT2D eigenvalue weighted by Crippen LogP contribution is 2.37. The normalized spacial score (nSPS) is 20.9. The van der Waals surface area contributed by atoms with Crippen LogP contribution in [0, 0.1) is 6.92 Å². The molecule has 0 aliphatic heterocycles. The van der Waals surface area contributed by atoms with Crippen LogP contribution in [-0.4, -0.2) is 51.9 Å². The highest BCUT2D eigenvalue weighted by atomic mass is 19.1. The van der Waals surface area contributed by atoms with Crippen LogP contribution in [0.1, 0.15) is 44.7 Å². The fraction of sp³-hybridized carbons (Fsp3) is 0.522. The summed E-state index contributed by atoms with van der Waals surface area (Å²) in [5.74, 6) is 0.867. The number of nitrogens with zero attached hydrogens (tertiary/aromatic N) is 3. The number of benzene rings is 1. The maximum absolute atomic E-state index is 12.8. The van der Waals surface area contributed by atoms with Gasteiger partial charge in [0.15, 0.2) is 0 Å². The van der Waals surface area contributed by atoms with Gasteiger partial charge in [-0.3, -0.25) is 0 Å². The third kappa shape index (κ3) is 4.39. The number of alkyl halides is 2. The van der Waals surface area contributed by atoms with Crippen molar-refractivity contribution >= 4 is 16.9 Å². The van der Waals surface area contributed by atoms with E-state index in [1.54, 1.807) is 0 Å². The minimum absolute atomic E-state index is 0.00113. The maximum Gasteiger partial charge on any atom is 0.316 e. The second-order valence-corrected chi connectivity index (χ2v) is 9.50. The van der Waals surface area contributed by atoms with Gasteiger partial charge in [-0.1, -0.05) is 25.9 Å². The number of aryl methyl sites for hydroxylation is 1. The number of hydrogen-bond donors (Lipinski definition) is 2. The molecule has 32 heavy (non-hydrogen) atoms. The van der Waals surface area contributed by atoms with Crippen LogP contribution in [0.4, 0.5) is 14.8 Å². The molecule has 2 heterocycles. The molecule has 0 radical (unpaired) electrons. The van der Waals surface area contributed by atoms with Crippen LogP contribution in [-0.2, 0) is 5.41 Å². The Kier molecular flexibility index (Phi) is 5.79. The number of pyridine rings is 1. The molecule has 0 unspecified atom stereocenters. The lowest BCUT2D eigenvalue weighted by Crippen LogP contribution is -2.52. The Hall–Kier alpha value is -2.81. The lowest BCUT2D eigenvalue weighted by atomic mass is 9.77. The Morgan fingerprint density at radius 3 is 2.62 bits per heavy atom. The lowest BCUT2D eigenvalue weighted by molar-refractivity contribution is -0.0592. The largest absolute Gasteiger partial charge is 0.491 e. The third-order valence-electron chi connectivity index (χ3n) is 5.72. The molecule has 9 heteroatoms. The van der Waals surface area contributed by atoms with Gasteiger partial charge < -0.3 is 19.6 Å². The monoisotopic (exact) mass is 446 g/mol. The Morgan fingerprint density at radius 2 is 1.97 bits per heavy atom. The molecule has 0 amide bonds. The molecule has 7 nitrogen and oxygen atoms in total. The molecule has 2 N–H and O–H groups in total. The highest BCUT2D eigenvalue weighted by molar-refractivity contribution is 5.89. The van der Waals surface area contributed by atoms with Gasteiger partial charge in [0.05, 0.1) is 11.1 Å². The van der Waals surface area contributed by atoms with E-state index in [4.69, 9.17) is 14.1 Å². The zero-order chi connectivity index (χ0) is 23.1. The number of aromatic nitrogens is 3. The molecule has 0 bridgehead atoms. The van der Waals surface area contributed by atoms with Crippen molar-refractivity contribution in [2.45, 2.75) is 57.6 Å². The smallest absolute Gasteiger partial charge is 0.316 e. The fourth-order valence-electron chi connectivity index (χ4n) is 4.01. The summed E-state index contributed by atoms with van der Waals surface area (Å²) in [5, 5.41) is 21.9. The van der Waals surface area contributed by atoms with E-state index in [1.807, 2.05) is 25.1 Å². The molecule has 1 fully saturated rings. The highest BCUT2D eigenvalue weighted by Gasteiger charge is 2.43. The van der Waals surface area contributed by atoms with E-state index in [9.17, 15) is 13.9 Å². The van der Waals surface area contributed by atoms with Crippen LogP contribution in [0.25, 0.3) is 22.5 Å². The number of aliphatic hydroxyl groups is 1. The summed E-state index contributed by atoms with van der Waals surface area (Å²) < 4.78 is 36.7. The molecule has 1 aliphatic rings. The summed E-state index contributed by atoms with van der Waals surface area (Å²) in [7, 11) is 0. The number of fused-ring (bicyclic) bond motifs is 1. The molecular weight excluding hydrogens is 418 g/mol. The average molecular weight is 446 g/mol. The predicted molar refractivity (Wildman–Crippen MR) is 118 cm³/mol. The van der Waals surface area contributed by atoms with E-state index in [-0.39, 0.29) is 42.8 Å². The number of hydrogen-bond acceptors (Lipinski definition) is 7. The van der Waals surface area contributed by atoms with Crippen molar-refractivity contribution in [3.63, 3.8) is 0 Å². The number of ether oxygens (including phenoxy) is 1. The number of halogens is 2. The minimum Gasteiger partial charge on any atom is -0.491 e. The van der Waals surface area contributed by atoms with Crippen LogP contribution in [0.15, 0.2) is 22.6 Å². The summed E-state index contributed by atoms with van der Waals surface area (Å²) in [6, 6.07) is 5.71. The van der Waals surface area contributed by atoms with Gasteiger partial charge in [-0.05, 0) is 54.5 Å². The van der Waals surface area contributed by atoms with Gasteiger partial charge in [-0.15, -0.1) is 5.10 Å². The maximum atomic E-state index is 12.8. The molecule has 2 aromatic heterocycles. The van der Waals surface area contributed by atoms with Crippen LogP contribution >= 0.6 is 0 Å². The number of anilines is 1. The zero-order valence-electron chi connectivity index (χ0n) is 18.7. The second kappa shape index (κ2) is 8.27. The van der Waals surface area contributed by atoms with Gasteiger partial charge in [0.2, 0.25) is 0 Å². The molecule has 1 aromatic carbocycles. The van der Waals surface area contributed by atoms with Crippen molar-refractivity contribution in [1.82, 2.24) is 15.2 Å². The van der Waals surface area contributed by atoms with Crippen LogP contribution in [0.2, 0.25) is 0 Å². The van der Waals surface area contributed by atoms with Gasteiger partial charge in [0.25, 0.3) is 5.89 Å². The van der Waals surface area contributed by atoms with Crippen molar-refractivity contribution in [3.05, 3.63) is 29.3 Å². The van der Waals surface area contributed by atoms with Gasteiger partial charge in [0, 0.05) is 11.4 Å². The summed E-state index contributed by atoms with van der Waals surface area (Å²) >= 11 is 0. The van der Waals surface area contributed by atoms with Crippen molar-refractivity contribution < 1.29 is 23.0 Å². The number of nitrogens with one attached hydrogen (secondary N) is 1. The van der Waals surface area contributed by atoms with E-state index in [1.165, 1.54) is 0 Å². The molecule has 0 spiro atoms. The van der Waals surface area contributed by atoms with Gasteiger partial charge >= 0.3 is 6.01 Å². The van der Waals surface area contributed by atoms with Crippen molar-refractivity contribution in [1.29, 1.82) is 0 Å². The lowest BCUT2D eigenvalue weighted by Gasteiger charge is -2.41. The van der Waals surface area contributed by atoms with Gasteiger partial charge in [0.1, 0.15) is 31.4 Å². The van der Waals surface area contributed by atoms with Crippen LogP contribution in [0.5, 0.6) is 5.75 Å². The van der Waals surface area contributed by atoms with E-state index in [2.05, 4.69) is 36.3 Å².